The average Bonchev–Trinajstić information content (AvgIpc) is 2.36. The molecule has 0 radical (unpaired) electrons. The van der Waals surface area contributed by atoms with Crippen LogP contribution in [-0.4, -0.2) is 10.7 Å². The highest BCUT2D eigenvalue weighted by Gasteiger charge is 2.13. The predicted molar refractivity (Wildman–Crippen MR) is 48.1 cm³/mol. The Morgan fingerprint density at radius 1 is 1.45 bits per heavy atom. The minimum absolute atomic E-state index is 1.18. The third kappa shape index (κ3) is 1.16. The van der Waals surface area contributed by atoms with Gasteiger partial charge in [0.15, 0.2) is 0 Å². The van der Waals surface area contributed by atoms with Crippen LogP contribution < -0.4 is 0 Å². The Hall–Kier alpha value is -0.500. The summed E-state index contributed by atoms with van der Waals surface area (Å²) in [5.74, 6) is 1.21. The van der Waals surface area contributed by atoms with Crippen LogP contribution in [0.25, 0.3) is 0 Å². The van der Waals surface area contributed by atoms with Gasteiger partial charge in [-0.1, -0.05) is 6.07 Å². The highest BCUT2D eigenvalue weighted by atomic mass is 32.2. The first-order valence-electron chi connectivity index (χ1n) is 3.87. The molecule has 1 nitrogen and oxygen atoms in total. The van der Waals surface area contributed by atoms with E-state index in [1.54, 1.807) is 0 Å². The van der Waals surface area contributed by atoms with E-state index in [4.69, 9.17) is 0 Å². The molecule has 0 atom stereocenters. The first-order valence-corrected chi connectivity index (χ1v) is 4.86. The topological polar surface area (TPSA) is 12.9 Å². The fourth-order valence-electron chi connectivity index (χ4n) is 1.30. The smallest absolute Gasteiger partial charge is 0.0995 e. The van der Waals surface area contributed by atoms with Crippen LogP contribution in [0, 0.1) is 13.8 Å². The normalized spacial score (nSPS) is 15.1. The molecular weight excluding hydrogens is 154 g/mol. The summed E-state index contributed by atoms with van der Waals surface area (Å²) in [6.45, 7) is 4.21. The van der Waals surface area contributed by atoms with Gasteiger partial charge in [-0.2, -0.15) is 0 Å². The van der Waals surface area contributed by atoms with E-state index in [1.165, 1.54) is 34.0 Å². The van der Waals surface area contributed by atoms with E-state index in [0.717, 1.165) is 0 Å². The molecular formula is C9H11NS. The lowest BCUT2D eigenvalue weighted by atomic mass is 10.1. The third-order valence-corrected chi connectivity index (χ3v) is 3.15. The number of thioether (sulfide) groups is 1. The van der Waals surface area contributed by atoms with E-state index in [0.29, 0.717) is 0 Å². The SMILES string of the molecule is Cc1cc2c(nc1C)SCC2. The van der Waals surface area contributed by atoms with Crippen molar-refractivity contribution in [1.82, 2.24) is 4.98 Å². The van der Waals surface area contributed by atoms with Gasteiger partial charge < -0.3 is 0 Å². The summed E-state index contributed by atoms with van der Waals surface area (Å²) >= 11 is 1.88. The fraction of sp³-hybridized carbons (Fsp3) is 0.444. The molecule has 0 saturated carbocycles. The molecule has 58 valence electrons. The number of aryl methyl sites for hydroxylation is 3. The van der Waals surface area contributed by atoms with E-state index >= 15 is 0 Å². The van der Waals surface area contributed by atoms with Crippen molar-refractivity contribution in [3.05, 3.63) is 22.9 Å². The largest absolute Gasteiger partial charge is 0.246 e. The van der Waals surface area contributed by atoms with Gasteiger partial charge in [-0.05, 0) is 31.4 Å². The minimum Gasteiger partial charge on any atom is -0.246 e. The Kier molecular flexibility index (Phi) is 1.64. The maximum absolute atomic E-state index is 4.52. The van der Waals surface area contributed by atoms with Crippen LogP contribution in [0.3, 0.4) is 0 Å². The molecule has 0 aliphatic carbocycles. The van der Waals surface area contributed by atoms with E-state index in [2.05, 4.69) is 24.9 Å². The predicted octanol–water partition coefficient (Wildman–Crippen LogP) is 2.35. The monoisotopic (exact) mass is 165 g/mol. The zero-order chi connectivity index (χ0) is 7.84. The summed E-state index contributed by atoms with van der Waals surface area (Å²) in [6, 6.07) is 2.28. The van der Waals surface area contributed by atoms with Crippen LogP contribution in [0.1, 0.15) is 16.8 Å². The highest BCUT2D eigenvalue weighted by molar-refractivity contribution is 7.99. The summed E-state index contributed by atoms with van der Waals surface area (Å²) in [6.07, 6.45) is 1.20. The van der Waals surface area contributed by atoms with Crippen LogP contribution in [0.4, 0.5) is 0 Å². The lowest BCUT2D eigenvalue weighted by Crippen LogP contribution is -1.91. The maximum Gasteiger partial charge on any atom is 0.0995 e. The molecule has 11 heavy (non-hydrogen) atoms. The Morgan fingerprint density at radius 2 is 2.27 bits per heavy atom. The van der Waals surface area contributed by atoms with Crippen molar-refractivity contribution < 1.29 is 0 Å². The van der Waals surface area contributed by atoms with Crippen molar-refractivity contribution >= 4 is 11.8 Å². The molecule has 0 bridgehead atoms. The summed E-state index contributed by atoms with van der Waals surface area (Å²) in [7, 11) is 0. The number of fused-ring (bicyclic) bond motifs is 1. The Bertz CT molecular complexity index is 265. The van der Waals surface area contributed by atoms with Crippen molar-refractivity contribution in [2.24, 2.45) is 0 Å². The number of hydrogen-bond acceptors (Lipinski definition) is 2. The summed E-state index contributed by atoms with van der Waals surface area (Å²) in [5.41, 5.74) is 3.95. The van der Waals surface area contributed by atoms with Crippen LogP contribution in [0.2, 0.25) is 0 Å². The van der Waals surface area contributed by atoms with E-state index < -0.39 is 0 Å². The summed E-state index contributed by atoms with van der Waals surface area (Å²) < 4.78 is 0. The van der Waals surface area contributed by atoms with Gasteiger partial charge in [-0.15, -0.1) is 11.8 Å². The van der Waals surface area contributed by atoms with Gasteiger partial charge >= 0.3 is 0 Å². The Labute approximate surface area is 71.2 Å². The molecule has 0 saturated heterocycles. The number of hydrogen-bond donors (Lipinski definition) is 0. The molecule has 1 aromatic rings. The van der Waals surface area contributed by atoms with Gasteiger partial charge in [0, 0.05) is 11.4 Å². The molecule has 0 spiro atoms. The van der Waals surface area contributed by atoms with Gasteiger partial charge in [0.2, 0.25) is 0 Å². The Balaban J connectivity index is 2.57. The quantitative estimate of drug-likeness (QED) is 0.585. The molecule has 1 aliphatic rings. The number of nitrogens with zero attached hydrogens (tertiary/aromatic N) is 1. The highest BCUT2D eigenvalue weighted by Crippen LogP contribution is 2.30. The maximum atomic E-state index is 4.52. The molecule has 1 aliphatic heterocycles. The van der Waals surface area contributed by atoms with Gasteiger partial charge in [0.05, 0.1) is 5.03 Å². The fourth-order valence-corrected chi connectivity index (χ4v) is 2.36. The summed E-state index contributed by atoms with van der Waals surface area (Å²) in [5, 5.41) is 1.26. The van der Waals surface area contributed by atoms with Gasteiger partial charge in [0.1, 0.15) is 0 Å². The molecule has 1 aromatic heterocycles. The minimum atomic E-state index is 1.18. The molecule has 0 aromatic carbocycles. The Morgan fingerprint density at radius 3 is 3.09 bits per heavy atom. The van der Waals surface area contributed by atoms with Crippen molar-refractivity contribution in [3.63, 3.8) is 0 Å². The molecule has 0 N–H and O–H groups in total. The zero-order valence-corrected chi connectivity index (χ0v) is 7.66. The van der Waals surface area contributed by atoms with Crippen LogP contribution in [0.15, 0.2) is 11.1 Å². The standard InChI is InChI=1S/C9H11NS/c1-6-5-8-3-4-11-9(8)10-7(6)2/h5H,3-4H2,1-2H3. The van der Waals surface area contributed by atoms with Gasteiger partial charge in [0.25, 0.3) is 0 Å². The molecule has 0 amide bonds. The lowest BCUT2D eigenvalue weighted by molar-refractivity contribution is 0.986. The van der Waals surface area contributed by atoms with Crippen LogP contribution in [-0.2, 0) is 6.42 Å². The second-order valence-corrected chi connectivity index (χ2v) is 4.04. The first kappa shape index (κ1) is 7.17. The summed E-state index contributed by atoms with van der Waals surface area (Å²) in [4.78, 5) is 4.52. The zero-order valence-electron chi connectivity index (χ0n) is 6.85. The number of aromatic nitrogens is 1. The van der Waals surface area contributed by atoms with Crippen LogP contribution >= 0.6 is 11.8 Å². The van der Waals surface area contributed by atoms with Gasteiger partial charge in [-0.3, -0.25) is 0 Å². The average molecular weight is 165 g/mol. The van der Waals surface area contributed by atoms with Crippen molar-refractivity contribution in [3.8, 4) is 0 Å². The van der Waals surface area contributed by atoms with Gasteiger partial charge in [-0.25, -0.2) is 4.98 Å². The number of pyridine rings is 1. The van der Waals surface area contributed by atoms with Crippen molar-refractivity contribution in [2.75, 3.05) is 5.75 Å². The lowest BCUT2D eigenvalue weighted by Gasteiger charge is -2.01. The third-order valence-electron chi connectivity index (χ3n) is 2.12. The second-order valence-electron chi connectivity index (χ2n) is 2.95. The van der Waals surface area contributed by atoms with Crippen LogP contribution in [0.5, 0.6) is 0 Å². The number of rotatable bonds is 0. The molecule has 2 heterocycles. The molecule has 0 unspecified atom stereocenters. The molecule has 2 rings (SSSR count). The van der Waals surface area contributed by atoms with Crippen molar-refractivity contribution in [2.45, 2.75) is 25.3 Å². The van der Waals surface area contributed by atoms with E-state index in [-0.39, 0.29) is 0 Å². The van der Waals surface area contributed by atoms with Crippen molar-refractivity contribution in [1.29, 1.82) is 0 Å². The molecule has 2 heteroatoms. The first-order chi connectivity index (χ1) is 5.27. The molecule has 0 fully saturated rings. The van der Waals surface area contributed by atoms with E-state index in [1.807, 2.05) is 11.8 Å². The van der Waals surface area contributed by atoms with E-state index in [9.17, 15) is 0 Å². The second kappa shape index (κ2) is 2.52.